The summed E-state index contributed by atoms with van der Waals surface area (Å²) < 4.78 is 18.7. The summed E-state index contributed by atoms with van der Waals surface area (Å²) in [6.45, 7) is 13.0. The van der Waals surface area contributed by atoms with Crippen LogP contribution in [0.3, 0.4) is 0 Å². The molecular formula is C26H37FN2O3. The Balaban J connectivity index is 2.12. The van der Waals surface area contributed by atoms with Gasteiger partial charge in [0.25, 0.3) is 0 Å². The number of hydrogen-bond acceptors (Lipinski definition) is 3. The van der Waals surface area contributed by atoms with Crippen LogP contribution in [0.5, 0.6) is 0 Å². The van der Waals surface area contributed by atoms with Crippen LogP contribution >= 0.6 is 0 Å². The summed E-state index contributed by atoms with van der Waals surface area (Å²) in [4.78, 5) is 29.6. The third-order valence-electron chi connectivity index (χ3n) is 5.30. The van der Waals surface area contributed by atoms with Gasteiger partial charge in [0.1, 0.15) is 11.6 Å². The van der Waals surface area contributed by atoms with Gasteiger partial charge in [-0.1, -0.05) is 39.8 Å². The first kappa shape index (κ1) is 25.6. The standard InChI is InChI=1S/C26H37FN2O3/c1-19(2)29(24(30)14-20(3)15-26(4,5)6)18-25(31)28(17-23-8-7-13-32-23)16-21-9-11-22(27)12-10-21/h7-13,19-20H,14-18H2,1-6H3. The van der Waals surface area contributed by atoms with Gasteiger partial charge in [-0.25, -0.2) is 4.39 Å². The van der Waals surface area contributed by atoms with Crippen molar-refractivity contribution < 1.29 is 18.4 Å². The monoisotopic (exact) mass is 444 g/mol. The average Bonchev–Trinajstić information content (AvgIpc) is 3.18. The Labute approximate surface area is 191 Å². The lowest BCUT2D eigenvalue weighted by Gasteiger charge is -2.31. The number of nitrogens with zero attached hydrogens (tertiary/aromatic N) is 2. The Kier molecular flexibility index (Phi) is 9.05. The molecule has 1 heterocycles. The Hall–Kier alpha value is -2.63. The van der Waals surface area contributed by atoms with E-state index >= 15 is 0 Å². The molecule has 0 aliphatic heterocycles. The van der Waals surface area contributed by atoms with Crippen molar-refractivity contribution in [2.75, 3.05) is 6.54 Å². The van der Waals surface area contributed by atoms with Crippen molar-refractivity contribution in [1.29, 1.82) is 0 Å². The summed E-state index contributed by atoms with van der Waals surface area (Å²) in [6.07, 6.45) is 2.92. The van der Waals surface area contributed by atoms with Gasteiger partial charge >= 0.3 is 0 Å². The number of benzene rings is 1. The Morgan fingerprint density at radius 1 is 1.00 bits per heavy atom. The van der Waals surface area contributed by atoms with Gasteiger partial charge in [0, 0.05) is 19.0 Å². The van der Waals surface area contributed by atoms with Crippen molar-refractivity contribution in [2.24, 2.45) is 11.3 Å². The molecule has 6 heteroatoms. The minimum Gasteiger partial charge on any atom is -0.467 e. The molecule has 176 valence electrons. The number of halogens is 1. The summed E-state index contributed by atoms with van der Waals surface area (Å²) in [5.41, 5.74) is 0.959. The second-order valence-electron chi connectivity index (χ2n) is 10.1. The molecule has 0 aliphatic rings. The van der Waals surface area contributed by atoms with Crippen LogP contribution in [0.4, 0.5) is 4.39 Å². The molecule has 1 atom stereocenters. The van der Waals surface area contributed by atoms with Crippen LogP contribution in [-0.2, 0) is 22.7 Å². The van der Waals surface area contributed by atoms with Crippen molar-refractivity contribution >= 4 is 11.8 Å². The molecular weight excluding hydrogens is 407 g/mol. The smallest absolute Gasteiger partial charge is 0.242 e. The molecule has 0 saturated heterocycles. The van der Waals surface area contributed by atoms with Crippen LogP contribution in [0.2, 0.25) is 0 Å². The third kappa shape index (κ3) is 8.48. The fourth-order valence-electron chi connectivity index (χ4n) is 3.97. The van der Waals surface area contributed by atoms with Crippen LogP contribution in [-0.4, -0.2) is 34.2 Å². The number of amides is 2. The van der Waals surface area contributed by atoms with E-state index in [1.54, 1.807) is 34.3 Å². The van der Waals surface area contributed by atoms with Gasteiger partial charge in [0.05, 0.1) is 19.4 Å². The van der Waals surface area contributed by atoms with Crippen LogP contribution in [0.15, 0.2) is 47.1 Å². The van der Waals surface area contributed by atoms with E-state index in [1.807, 2.05) is 19.9 Å². The Bertz CT molecular complexity index is 854. The van der Waals surface area contributed by atoms with Gasteiger partial charge in [0.2, 0.25) is 11.8 Å². The highest BCUT2D eigenvalue weighted by molar-refractivity contribution is 5.85. The Morgan fingerprint density at radius 2 is 1.66 bits per heavy atom. The second-order valence-corrected chi connectivity index (χ2v) is 10.1. The zero-order chi connectivity index (χ0) is 23.9. The minimum atomic E-state index is -0.321. The maximum atomic E-state index is 13.3. The average molecular weight is 445 g/mol. The van der Waals surface area contributed by atoms with Crippen LogP contribution in [0, 0.1) is 17.2 Å². The van der Waals surface area contributed by atoms with E-state index in [2.05, 4.69) is 27.7 Å². The van der Waals surface area contributed by atoms with E-state index in [0.29, 0.717) is 18.7 Å². The zero-order valence-electron chi connectivity index (χ0n) is 20.2. The highest BCUT2D eigenvalue weighted by Crippen LogP contribution is 2.26. The highest BCUT2D eigenvalue weighted by Gasteiger charge is 2.26. The number of carbonyl (C=O) groups excluding carboxylic acids is 2. The molecule has 0 radical (unpaired) electrons. The zero-order valence-corrected chi connectivity index (χ0v) is 20.2. The lowest BCUT2D eigenvalue weighted by molar-refractivity contribution is -0.143. The topological polar surface area (TPSA) is 53.8 Å². The van der Waals surface area contributed by atoms with Crippen LogP contribution in [0.1, 0.15) is 65.7 Å². The summed E-state index contributed by atoms with van der Waals surface area (Å²) in [5, 5.41) is 0. The highest BCUT2D eigenvalue weighted by atomic mass is 19.1. The van der Waals surface area contributed by atoms with Gasteiger partial charge < -0.3 is 14.2 Å². The molecule has 2 rings (SSSR count). The van der Waals surface area contributed by atoms with Gasteiger partial charge in [-0.05, 0) is 61.4 Å². The molecule has 1 unspecified atom stereocenters. The number of rotatable bonds is 10. The van der Waals surface area contributed by atoms with E-state index in [1.165, 1.54) is 12.1 Å². The van der Waals surface area contributed by atoms with E-state index in [4.69, 9.17) is 4.42 Å². The van der Waals surface area contributed by atoms with Crippen LogP contribution < -0.4 is 0 Å². The van der Waals surface area contributed by atoms with Crippen molar-refractivity contribution in [3.8, 4) is 0 Å². The molecule has 0 N–H and O–H groups in total. The molecule has 1 aromatic heterocycles. The number of carbonyl (C=O) groups is 2. The van der Waals surface area contributed by atoms with Gasteiger partial charge in [-0.15, -0.1) is 0 Å². The van der Waals surface area contributed by atoms with E-state index in [0.717, 1.165) is 12.0 Å². The molecule has 0 spiro atoms. The van der Waals surface area contributed by atoms with E-state index < -0.39 is 0 Å². The first-order valence-electron chi connectivity index (χ1n) is 11.3. The van der Waals surface area contributed by atoms with E-state index in [9.17, 15) is 14.0 Å². The SMILES string of the molecule is CC(CC(=O)N(CC(=O)N(Cc1ccc(F)cc1)Cc1ccco1)C(C)C)CC(C)(C)C. The van der Waals surface area contributed by atoms with Crippen molar-refractivity contribution in [3.05, 3.63) is 59.8 Å². The molecule has 2 aromatic rings. The molecule has 0 aliphatic carbocycles. The Morgan fingerprint density at radius 3 is 2.19 bits per heavy atom. The van der Waals surface area contributed by atoms with Crippen LogP contribution in [0.25, 0.3) is 0 Å². The summed E-state index contributed by atoms with van der Waals surface area (Å²) in [5.74, 6) is 0.388. The fraction of sp³-hybridized carbons (Fsp3) is 0.538. The quantitative estimate of drug-likeness (QED) is 0.476. The first-order valence-corrected chi connectivity index (χ1v) is 11.3. The second kappa shape index (κ2) is 11.3. The molecule has 0 fully saturated rings. The van der Waals surface area contributed by atoms with Gasteiger partial charge in [-0.2, -0.15) is 0 Å². The predicted octanol–water partition coefficient (Wildman–Crippen LogP) is 5.65. The largest absolute Gasteiger partial charge is 0.467 e. The van der Waals surface area contributed by atoms with Crippen molar-refractivity contribution in [1.82, 2.24) is 9.80 Å². The fourth-order valence-corrected chi connectivity index (χ4v) is 3.97. The lowest BCUT2D eigenvalue weighted by Crippen LogP contribution is -2.46. The molecule has 5 nitrogen and oxygen atoms in total. The first-order chi connectivity index (χ1) is 14.9. The molecule has 0 bridgehead atoms. The molecule has 1 aromatic carbocycles. The number of furan rings is 1. The van der Waals surface area contributed by atoms with Crippen molar-refractivity contribution in [3.63, 3.8) is 0 Å². The minimum absolute atomic E-state index is 0.000636. The maximum Gasteiger partial charge on any atom is 0.242 e. The lowest BCUT2D eigenvalue weighted by atomic mass is 9.84. The predicted molar refractivity (Wildman–Crippen MR) is 124 cm³/mol. The van der Waals surface area contributed by atoms with Crippen molar-refractivity contribution in [2.45, 2.75) is 73.5 Å². The normalized spacial score (nSPS) is 12.6. The van der Waals surface area contributed by atoms with E-state index in [-0.39, 0.29) is 48.1 Å². The molecule has 0 saturated carbocycles. The summed E-state index contributed by atoms with van der Waals surface area (Å²) in [6, 6.07) is 9.58. The summed E-state index contributed by atoms with van der Waals surface area (Å²) in [7, 11) is 0. The van der Waals surface area contributed by atoms with Gasteiger partial charge in [0.15, 0.2) is 0 Å². The summed E-state index contributed by atoms with van der Waals surface area (Å²) >= 11 is 0. The number of hydrogen-bond donors (Lipinski definition) is 0. The molecule has 32 heavy (non-hydrogen) atoms. The third-order valence-corrected chi connectivity index (χ3v) is 5.30. The molecule has 2 amide bonds. The maximum absolute atomic E-state index is 13.3. The van der Waals surface area contributed by atoms with Gasteiger partial charge in [-0.3, -0.25) is 9.59 Å².